The van der Waals surface area contributed by atoms with Crippen LogP contribution in [0.3, 0.4) is 0 Å². The van der Waals surface area contributed by atoms with Crippen LogP contribution in [0.1, 0.15) is 10.4 Å². The first-order valence-corrected chi connectivity index (χ1v) is 5.50. The van der Waals surface area contributed by atoms with Crippen molar-refractivity contribution in [1.82, 2.24) is 5.32 Å². The molecule has 0 saturated heterocycles. The van der Waals surface area contributed by atoms with Crippen molar-refractivity contribution in [3.05, 3.63) is 32.4 Å². The first-order chi connectivity index (χ1) is 6.09. The lowest BCUT2D eigenvalue weighted by atomic mass is 10.3. The molecule has 70 valence electrons. The van der Waals surface area contributed by atoms with Crippen LogP contribution in [-0.4, -0.2) is 12.5 Å². The number of rotatable bonds is 3. The number of thiophene rings is 1. The number of nitrogens with one attached hydrogen (secondary N) is 1. The van der Waals surface area contributed by atoms with E-state index in [0.717, 1.165) is 3.79 Å². The van der Waals surface area contributed by atoms with Crippen LogP contribution in [0.4, 0.5) is 0 Å². The monoisotopic (exact) mass is 279 g/mol. The summed E-state index contributed by atoms with van der Waals surface area (Å²) in [6, 6.07) is 1.76. The molecule has 1 N–H and O–H groups in total. The molecule has 1 aromatic rings. The summed E-state index contributed by atoms with van der Waals surface area (Å²) in [5, 5.41) is 4.82. The number of carbonyl (C=O) groups excluding carboxylic acids is 1. The van der Waals surface area contributed by atoms with Gasteiger partial charge in [0.15, 0.2) is 0 Å². The van der Waals surface area contributed by atoms with Crippen molar-refractivity contribution in [3.8, 4) is 0 Å². The molecule has 0 aliphatic rings. The van der Waals surface area contributed by atoms with Gasteiger partial charge in [0.05, 0.1) is 15.9 Å². The van der Waals surface area contributed by atoms with E-state index < -0.39 is 0 Å². The third kappa shape index (κ3) is 3.50. The molecule has 0 spiro atoms. The molecular weight excluding hydrogens is 274 g/mol. The molecule has 1 aromatic heterocycles. The highest BCUT2D eigenvalue weighted by Crippen LogP contribution is 2.20. The van der Waals surface area contributed by atoms with Crippen molar-refractivity contribution in [2.24, 2.45) is 0 Å². The maximum absolute atomic E-state index is 11.3. The summed E-state index contributed by atoms with van der Waals surface area (Å²) in [7, 11) is 0. The SMILES string of the molecule is C=C(Cl)CNC(=O)c1csc(Br)c1. The number of amides is 1. The van der Waals surface area contributed by atoms with Gasteiger partial charge in [-0.25, -0.2) is 0 Å². The van der Waals surface area contributed by atoms with E-state index in [-0.39, 0.29) is 5.91 Å². The summed E-state index contributed by atoms with van der Waals surface area (Å²) >= 11 is 10.2. The molecule has 0 unspecified atom stereocenters. The van der Waals surface area contributed by atoms with E-state index in [1.54, 1.807) is 11.4 Å². The van der Waals surface area contributed by atoms with E-state index in [1.807, 2.05) is 0 Å². The second kappa shape index (κ2) is 4.79. The standard InChI is InChI=1S/C8H7BrClNOS/c1-5(10)3-11-8(12)6-2-7(9)13-4-6/h2,4H,1,3H2,(H,11,12). The molecule has 1 rings (SSSR count). The van der Waals surface area contributed by atoms with Gasteiger partial charge in [0, 0.05) is 10.4 Å². The van der Waals surface area contributed by atoms with Crippen molar-refractivity contribution < 1.29 is 4.79 Å². The van der Waals surface area contributed by atoms with Crippen molar-refractivity contribution in [2.75, 3.05) is 6.54 Å². The van der Waals surface area contributed by atoms with Crippen LogP contribution in [-0.2, 0) is 0 Å². The minimum absolute atomic E-state index is 0.135. The molecule has 0 radical (unpaired) electrons. The van der Waals surface area contributed by atoms with Crippen LogP contribution in [0, 0.1) is 0 Å². The lowest BCUT2D eigenvalue weighted by Crippen LogP contribution is -2.23. The molecular formula is C8H7BrClNOS. The highest BCUT2D eigenvalue weighted by molar-refractivity contribution is 9.11. The molecule has 1 amide bonds. The van der Waals surface area contributed by atoms with Crippen LogP contribution in [0.5, 0.6) is 0 Å². The Kier molecular flexibility index (Phi) is 3.96. The van der Waals surface area contributed by atoms with Crippen molar-refractivity contribution >= 4 is 44.8 Å². The largest absolute Gasteiger partial charge is 0.347 e. The van der Waals surface area contributed by atoms with E-state index in [1.165, 1.54) is 11.3 Å². The molecule has 2 nitrogen and oxygen atoms in total. The molecule has 0 fully saturated rings. The summed E-state index contributed by atoms with van der Waals surface area (Å²) in [5.74, 6) is -0.135. The second-order valence-corrected chi connectivity index (χ2v) is 5.16. The minimum atomic E-state index is -0.135. The van der Waals surface area contributed by atoms with Crippen LogP contribution in [0.2, 0.25) is 0 Å². The first-order valence-electron chi connectivity index (χ1n) is 3.45. The zero-order valence-corrected chi connectivity index (χ0v) is 9.80. The third-order valence-corrected chi connectivity index (χ3v) is 2.91. The summed E-state index contributed by atoms with van der Waals surface area (Å²) in [6.07, 6.45) is 0. The summed E-state index contributed by atoms with van der Waals surface area (Å²) in [4.78, 5) is 11.3. The third-order valence-electron chi connectivity index (χ3n) is 1.27. The maximum atomic E-state index is 11.3. The molecule has 0 saturated carbocycles. The lowest BCUT2D eigenvalue weighted by Gasteiger charge is -2.00. The molecule has 0 atom stereocenters. The Hall–Kier alpha value is -0.320. The predicted octanol–water partition coefficient (Wildman–Crippen LogP) is 2.99. The Balaban J connectivity index is 2.54. The number of halogens is 2. The number of hydrogen-bond donors (Lipinski definition) is 1. The zero-order valence-electron chi connectivity index (χ0n) is 6.64. The topological polar surface area (TPSA) is 29.1 Å². The van der Waals surface area contributed by atoms with Gasteiger partial charge < -0.3 is 5.32 Å². The molecule has 13 heavy (non-hydrogen) atoms. The van der Waals surface area contributed by atoms with E-state index in [9.17, 15) is 4.79 Å². The van der Waals surface area contributed by atoms with Gasteiger partial charge in [0.25, 0.3) is 5.91 Å². The van der Waals surface area contributed by atoms with Gasteiger partial charge in [-0.1, -0.05) is 18.2 Å². The zero-order chi connectivity index (χ0) is 9.84. The fourth-order valence-electron chi connectivity index (χ4n) is 0.707. The van der Waals surface area contributed by atoms with E-state index in [2.05, 4.69) is 27.8 Å². The average molecular weight is 281 g/mol. The second-order valence-electron chi connectivity index (χ2n) is 2.34. The summed E-state index contributed by atoms with van der Waals surface area (Å²) < 4.78 is 0.933. The highest BCUT2D eigenvalue weighted by Gasteiger charge is 2.06. The van der Waals surface area contributed by atoms with Crippen molar-refractivity contribution in [2.45, 2.75) is 0 Å². The van der Waals surface area contributed by atoms with Gasteiger partial charge >= 0.3 is 0 Å². The average Bonchev–Trinajstić information content (AvgIpc) is 2.47. The number of carbonyl (C=O) groups is 1. The lowest BCUT2D eigenvalue weighted by molar-refractivity contribution is 0.0958. The van der Waals surface area contributed by atoms with Crippen LogP contribution in [0.25, 0.3) is 0 Å². The minimum Gasteiger partial charge on any atom is -0.347 e. The predicted molar refractivity (Wildman–Crippen MR) is 59.3 cm³/mol. The fraction of sp³-hybridized carbons (Fsp3) is 0.125. The normalized spacial score (nSPS) is 9.69. The highest BCUT2D eigenvalue weighted by atomic mass is 79.9. The van der Waals surface area contributed by atoms with E-state index in [4.69, 9.17) is 11.6 Å². The summed E-state index contributed by atoms with van der Waals surface area (Å²) in [5.41, 5.74) is 0.634. The van der Waals surface area contributed by atoms with Crippen LogP contribution < -0.4 is 5.32 Å². The maximum Gasteiger partial charge on any atom is 0.252 e. The molecule has 0 aliphatic carbocycles. The molecule has 0 aromatic carbocycles. The van der Waals surface area contributed by atoms with Crippen LogP contribution >= 0.6 is 38.9 Å². The van der Waals surface area contributed by atoms with Gasteiger partial charge in [0.2, 0.25) is 0 Å². The van der Waals surface area contributed by atoms with Crippen LogP contribution in [0.15, 0.2) is 26.8 Å². The molecule has 1 heterocycles. The Morgan fingerprint density at radius 3 is 2.92 bits per heavy atom. The first kappa shape index (κ1) is 10.8. The fourth-order valence-corrected chi connectivity index (χ4v) is 1.91. The van der Waals surface area contributed by atoms with E-state index in [0.29, 0.717) is 17.1 Å². The Bertz CT molecular complexity index is 337. The Labute approximate surface area is 93.7 Å². The Morgan fingerprint density at radius 1 is 1.77 bits per heavy atom. The summed E-state index contributed by atoms with van der Waals surface area (Å²) in [6.45, 7) is 3.77. The van der Waals surface area contributed by atoms with Crippen molar-refractivity contribution in [3.63, 3.8) is 0 Å². The molecule has 5 heteroatoms. The molecule has 0 aliphatic heterocycles. The number of hydrogen-bond acceptors (Lipinski definition) is 2. The van der Waals surface area contributed by atoms with Crippen molar-refractivity contribution in [1.29, 1.82) is 0 Å². The van der Waals surface area contributed by atoms with E-state index >= 15 is 0 Å². The molecule has 0 bridgehead atoms. The van der Waals surface area contributed by atoms with Gasteiger partial charge in [-0.05, 0) is 22.0 Å². The van der Waals surface area contributed by atoms with Gasteiger partial charge in [-0.3, -0.25) is 4.79 Å². The quantitative estimate of drug-likeness (QED) is 0.906. The smallest absolute Gasteiger partial charge is 0.252 e. The van der Waals surface area contributed by atoms with Gasteiger partial charge in [-0.15, -0.1) is 11.3 Å². The van der Waals surface area contributed by atoms with Gasteiger partial charge in [0.1, 0.15) is 0 Å². The van der Waals surface area contributed by atoms with Gasteiger partial charge in [-0.2, -0.15) is 0 Å². The Morgan fingerprint density at radius 2 is 2.46 bits per heavy atom.